The summed E-state index contributed by atoms with van der Waals surface area (Å²) in [4.78, 5) is 47.9. The lowest BCUT2D eigenvalue weighted by atomic mass is 9.92. The summed E-state index contributed by atoms with van der Waals surface area (Å²) in [5.41, 5.74) is 1.63. The molecule has 4 N–H and O–H groups in total. The fraction of sp³-hybridized carbons (Fsp3) is 0.150. The molecular weight excluding hydrogens is 733 g/mol. The zero-order chi connectivity index (χ0) is 40.7. The number of nitrogens with zero attached hydrogens (tertiary/aromatic N) is 4. The Bertz CT molecular complexity index is 2530. The molecule has 0 atom stereocenters. The number of hydrogen-bond acceptors (Lipinski definition) is 9. The third-order valence-electron chi connectivity index (χ3n) is 8.26. The van der Waals surface area contributed by atoms with Crippen molar-refractivity contribution in [2.45, 2.75) is 26.1 Å². The van der Waals surface area contributed by atoms with Gasteiger partial charge in [0.15, 0.2) is 22.9 Å². The summed E-state index contributed by atoms with van der Waals surface area (Å²) in [7, 11) is 2.70. The Morgan fingerprint density at radius 3 is 1.48 bits per heavy atom. The molecule has 0 aliphatic carbocycles. The third kappa shape index (κ3) is 8.76. The molecular formula is C40H35F3N6O7. The largest absolute Gasteiger partial charge is 0.573 e. The van der Waals surface area contributed by atoms with E-state index in [1.165, 1.54) is 60.9 Å². The van der Waals surface area contributed by atoms with E-state index in [-0.39, 0.29) is 22.5 Å². The van der Waals surface area contributed by atoms with E-state index in [4.69, 9.17) is 0 Å². The van der Waals surface area contributed by atoms with Gasteiger partial charge in [-0.25, -0.2) is 9.36 Å². The lowest BCUT2D eigenvalue weighted by Gasteiger charge is -2.17. The van der Waals surface area contributed by atoms with Crippen molar-refractivity contribution >= 4 is 11.8 Å². The van der Waals surface area contributed by atoms with Gasteiger partial charge in [-0.05, 0) is 35.2 Å². The highest BCUT2D eigenvalue weighted by Gasteiger charge is 2.32. The van der Waals surface area contributed by atoms with Crippen molar-refractivity contribution < 1.29 is 37.7 Å². The van der Waals surface area contributed by atoms with Crippen LogP contribution in [0.4, 0.5) is 13.2 Å². The van der Waals surface area contributed by atoms with Crippen LogP contribution in [-0.4, -0.2) is 62.0 Å². The molecule has 2 heterocycles. The van der Waals surface area contributed by atoms with E-state index < -0.39 is 52.0 Å². The highest BCUT2D eigenvalue weighted by Crippen LogP contribution is 2.37. The Morgan fingerprint density at radius 1 is 0.643 bits per heavy atom. The van der Waals surface area contributed by atoms with Crippen LogP contribution in [0.25, 0.3) is 33.6 Å². The topological polar surface area (TPSA) is 178 Å². The van der Waals surface area contributed by atoms with Crippen molar-refractivity contribution in [1.82, 2.24) is 30.2 Å². The molecule has 6 aromatic rings. The molecule has 2 amide bonds. The van der Waals surface area contributed by atoms with Crippen LogP contribution in [0.5, 0.6) is 17.2 Å². The fourth-order valence-corrected chi connectivity index (χ4v) is 5.69. The van der Waals surface area contributed by atoms with Crippen molar-refractivity contribution in [2.75, 3.05) is 14.1 Å². The molecule has 0 fully saturated rings. The number of aromatic hydroxyl groups is 2. The van der Waals surface area contributed by atoms with Crippen LogP contribution >= 0.6 is 0 Å². The zero-order valence-corrected chi connectivity index (χ0v) is 30.3. The lowest BCUT2D eigenvalue weighted by Crippen LogP contribution is -2.29. The number of carbonyl (C=O) groups is 2. The maximum Gasteiger partial charge on any atom is 0.573 e. The molecule has 56 heavy (non-hydrogen) atoms. The van der Waals surface area contributed by atoms with E-state index in [0.29, 0.717) is 11.6 Å². The van der Waals surface area contributed by atoms with Crippen molar-refractivity contribution in [3.05, 3.63) is 147 Å². The Balaban J connectivity index is 0.000000215. The third-order valence-corrected chi connectivity index (χ3v) is 8.26. The predicted molar refractivity (Wildman–Crippen MR) is 201 cm³/mol. The number of carbonyl (C=O) groups excluding carboxylic acids is 2. The Kier molecular flexibility index (Phi) is 12.0. The van der Waals surface area contributed by atoms with Crippen LogP contribution in [0, 0.1) is 0 Å². The number of hydrogen-bond donors (Lipinski definition) is 4. The van der Waals surface area contributed by atoms with Crippen molar-refractivity contribution in [1.29, 1.82) is 0 Å². The maximum atomic E-state index is 12.8. The molecule has 0 saturated heterocycles. The van der Waals surface area contributed by atoms with Gasteiger partial charge in [0.05, 0.1) is 23.8 Å². The van der Waals surface area contributed by atoms with Crippen LogP contribution in [0.15, 0.2) is 119 Å². The first-order chi connectivity index (χ1) is 26.6. The zero-order valence-electron chi connectivity index (χ0n) is 30.3. The SMILES string of the molecule is CNC(=O)c1nn(-c2ccccc2-c2ccccc2C(C)C)cc(O)c1=O.CNC(=O)c1nn(-c2ccccc2-c2ccccc2OC(F)(F)F)cc(O)c1=O. The van der Waals surface area contributed by atoms with Crippen LogP contribution in [0.3, 0.4) is 0 Å². The molecule has 0 unspecified atom stereocenters. The van der Waals surface area contributed by atoms with Crippen molar-refractivity contribution in [2.24, 2.45) is 0 Å². The summed E-state index contributed by atoms with van der Waals surface area (Å²) in [6.07, 6.45) is -2.70. The van der Waals surface area contributed by atoms with Gasteiger partial charge in [0, 0.05) is 30.8 Å². The molecule has 0 bridgehead atoms. The Morgan fingerprint density at radius 2 is 1.04 bits per heavy atom. The Hall–Kier alpha value is -7.23. The number of nitrogens with one attached hydrogen (secondary N) is 2. The van der Waals surface area contributed by atoms with Crippen molar-refractivity contribution in [3.8, 4) is 50.9 Å². The minimum Gasteiger partial charge on any atom is -0.503 e. The second kappa shape index (κ2) is 16.8. The van der Waals surface area contributed by atoms with Crippen molar-refractivity contribution in [3.63, 3.8) is 0 Å². The normalized spacial score (nSPS) is 11.0. The molecule has 0 aliphatic rings. The number of ether oxygens (including phenoxy) is 1. The fourth-order valence-electron chi connectivity index (χ4n) is 5.69. The number of aromatic nitrogens is 4. The maximum absolute atomic E-state index is 12.8. The minimum atomic E-state index is -4.90. The second-order valence-electron chi connectivity index (χ2n) is 12.3. The molecule has 0 aliphatic heterocycles. The van der Waals surface area contributed by atoms with E-state index in [2.05, 4.69) is 45.5 Å². The predicted octanol–water partition coefficient (Wildman–Crippen LogP) is 5.95. The number of alkyl halides is 3. The molecule has 0 spiro atoms. The summed E-state index contributed by atoms with van der Waals surface area (Å²) in [5.74, 6) is -2.87. The van der Waals surface area contributed by atoms with E-state index in [9.17, 15) is 42.6 Å². The number of halogens is 3. The first-order valence-corrected chi connectivity index (χ1v) is 16.9. The average Bonchev–Trinajstić information content (AvgIpc) is 3.19. The molecule has 4 aromatic carbocycles. The molecule has 16 heteroatoms. The van der Waals surface area contributed by atoms with Gasteiger partial charge in [0.1, 0.15) is 5.75 Å². The van der Waals surface area contributed by atoms with E-state index in [1.54, 1.807) is 12.1 Å². The lowest BCUT2D eigenvalue weighted by molar-refractivity contribution is -0.274. The quantitative estimate of drug-likeness (QED) is 0.146. The molecule has 288 valence electrons. The van der Waals surface area contributed by atoms with Gasteiger partial charge in [0.25, 0.3) is 22.7 Å². The smallest absolute Gasteiger partial charge is 0.503 e. The number of amides is 2. The van der Waals surface area contributed by atoms with Gasteiger partial charge in [-0.3, -0.25) is 19.2 Å². The molecule has 6 rings (SSSR count). The highest BCUT2D eigenvalue weighted by atomic mass is 19.4. The number of para-hydroxylation sites is 3. The van der Waals surface area contributed by atoms with Crippen LogP contribution < -0.4 is 26.2 Å². The minimum absolute atomic E-state index is 0.0990. The van der Waals surface area contributed by atoms with Gasteiger partial charge in [-0.15, -0.1) is 13.2 Å². The monoisotopic (exact) mass is 768 g/mol. The van der Waals surface area contributed by atoms with Gasteiger partial charge in [-0.2, -0.15) is 10.2 Å². The van der Waals surface area contributed by atoms with E-state index in [0.717, 1.165) is 28.1 Å². The standard InChI is InChI=1S/C21H21N3O3.C19H14F3N3O4/c1-13(2)14-8-4-5-9-15(14)16-10-6-7-11-17(16)24-12-18(25)20(26)19(23-24)21(27)22-3;1-23-18(28)16-17(27)14(26)10-25(24-16)13-8-4-2-6-11(13)12-7-3-5-9-15(12)29-19(20,21)22/h4-13,25H,1-3H3,(H,22,27);2-10,26H,1H3,(H,23,28). The van der Waals surface area contributed by atoms with Gasteiger partial charge >= 0.3 is 6.36 Å². The van der Waals surface area contributed by atoms with E-state index >= 15 is 0 Å². The number of rotatable bonds is 8. The van der Waals surface area contributed by atoms with Gasteiger partial charge in [-0.1, -0.05) is 92.7 Å². The summed E-state index contributed by atoms with van der Waals surface area (Å²) < 4.78 is 44.9. The van der Waals surface area contributed by atoms with Gasteiger partial charge in [0.2, 0.25) is 0 Å². The average molecular weight is 769 g/mol. The second-order valence-corrected chi connectivity index (χ2v) is 12.3. The van der Waals surface area contributed by atoms with E-state index in [1.807, 2.05) is 42.5 Å². The molecule has 13 nitrogen and oxygen atoms in total. The van der Waals surface area contributed by atoms with Crippen LogP contribution in [-0.2, 0) is 0 Å². The first-order valence-electron chi connectivity index (χ1n) is 16.9. The van der Waals surface area contributed by atoms with Gasteiger partial charge < -0.3 is 25.6 Å². The number of benzene rings is 4. The summed E-state index contributed by atoms with van der Waals surface area (Å²) >= 11 is 0. The molecule has 0 radical (unpaired) electrons. The molecule has 2 aromatic heterocycles. The van der Waals surface area contributed by atoms with Crippen LogP contribution in [0.2, 0.25) is 0 Å². The molecule has 0 saturated carbocycles. The summed E-state index contributed by atoms with van der Waals surface area (Å²) in [5, 5.41) is 32.7. The summed E-state index contributed by atoms with van der Waals surface area (Å²) in [6.45, 7) is 4.24. The van der Waals surface area contributed by atoms with Crippen LogP contribution in [0.1, 0.15) is 46.3 Å². The highest BCUT2D eigenvalue weighted by molar-refractivity contribution is 5.92. The summed E-state index contributed by atoms with van der Waals surface area (Å²) in [6, 6.07) is 27.3. The Labute approximate surface area is 317 Å². The first kappa shape index (κ1) is 40.0.